The van der Waals surface area contributed by atoms with Gasteiger partial charge in [-0.2, -0.15) is 9.57 Å². The first-order valence-electron chi connectivity index (χ1n) is 10.9. The third-order valence-electron chi connectivity index (χ3n) is 5.84. The molecule has 0 radical (unpaired) electrons. The van der Waals surface area contributed by atoms with Crippen LogP contribution in [-0.2, 0) is 14.8 Å². The molecule has 188 valence electrons. The van der Waals surface area contributed by atoms with Gasteiger partial charge in [-0.25, -0.2) is 8.42 Å². The molecule has 3 aromatic carbocycles. The van der Waals surface area contributed by atoms with Crippen LogP contribution in [0.2, 0.25) is 10.0 Å². The number of nitrogens with zero attached hydrogens (tertiary/aromatic N) is 2. The largest absolute Gasteiger partial charge is 0.399 e. The molecule has 8 nitrogen and oxygen atoms in total. The lowest BCUT2D eigenvalue weighted by Gasteiger charge is -2.30. The van der Waals surface area contributed by atoms with Crippen molar-refractivity contribution in [3.05, 3.63) is 105 Å². The molecule has 0 saturated carbocycles. The van der Waals surface area contributed by atoms with E-state index in [0.717, 1.165) is 4.31 Å². The number of ketones is 1. The number of hydrogen-bond donors (Lipinski definition) is 2. The van der Waals surface area contributed by atoms with Gasteiger partial charge in [0.2, 0.25) is 15.9 Å². The van der Waals surface area contributed by atoms with Crippen LogP contribution in [0.4, 0.5) is 5.69 Å². The molecule has 0 saturated heterocycles. The SMILES string of the molecule is CC(=O)Nc1ccc(S(=O)(=O)N2[C@H](C(=O)c3ccccc3)C(N)=C(C#N)[C@@H]2c2cccc(Cl)c2Cl)cc1. The number of anilines is 1. The molecule has 11 heteroatoms. The highest BCUT2D eigenvalue weighted by Crippen LogP contribution is 2.46. The Hall–Kier alpha value is -3.68. The third-order valence-corrected chi connectivity index (χ3v) is 8.52. The number of halogens is 2. The first-order chi connectivity index (χ1) is 17.6. The smallest absolute Gasteiger partial charge is 0.245 e. The molecule has 0 aromatic heterocycles. The second-order valence-corrected chi connectivity index (χ2v) is 10.8. The highest BCUT2D eigenvalue weighted by Gasteiger charge is 2.51. The van der Waals surface area contributed by atoms with E-state index in [9.17, 15) is 23.3 Å². The molecular weight excluding hydrogens is 535 g/mol. The Balaban J connectivity index is 1.94. The minimum absolute atomic E-state index is 0.0312. The molecule has 1 aliphatic rings. The Labute approximate surface area is 224 Å². The fraction of sp³-hybridized carbons (Fsp3) is 0.115. The number of nitrogens with one attached hydrogen (secondary N) is 1. The Kier molecular flexibility index (Phi) is 7.39. The van der Waals surface area contributed by atoms with Gasteiger partial charge in [0.1, 0.15) is 6.04 Å². The van der Waals surface area contributed by atoms with Gasteiger partial charge in [-0.3, -0.25) is 9.59 Å². The summed E-state index contributed by atoms with van der Waals surface area (Å²) in [7, 11) is -4.46. The molecular formula is C26H20Cl2N4O4S. The van der Waals surface area contributed by atoms with E-state index < -0.39 is 27.9 Å². The molecule has 1 aliphatic heterocycles. The summed E-state index contributed by atoms with van der Waals surface area (Å²) in [6.45, 7) is 1.33. The van der Waals surface area contributed by atoms with Crippen LogP contribution in [0.3, 0.4) is 0 Å². The summed E-state index contributed by atoms with van der Waals surface area (Å²) in [5.41, 5.74) is 6.82. The van der Waals surface area contributed by atoms with Gasteiger partial charge in [0.25, 0.3) is 0 Å². The van der Waals surface area contributed by atoms with Gasteiger partial charge in [0.05, 0.1) is 38.3 Å². The minimum atomic E-state index is -4.46. The lowest BCUT2D eigenvalue weighted by Crippen LogP contribution is -2.45. The zero-order chi connectivity index (χ0) is 26.9. The van der Waals surface area contributed by atoms with Crippen LogP contribution in [-0.4, -0.2) is 30.5 Å². The van der Waals surface area contributed by atoms with Gasteiger partial charge in [0.15, 0.2) is 5.78 Å². The zero-order valence-corrected chi connectivity index (χ0v) is 21.7. The van der Waals surface area contributed by atoms with Crippen molar-refractivity contribution in [1.82, 2.24) is 4.31 Å². The van der Waals surface area contributed by atoms with E-state index in [4.69, 9.17) is 28.9 Å². The highest BCUT2D eigenvalue weighted by molar-refractivity contribution is 7.89. The Bertz CT molecular complexity index is 1570. The molecule has 0 fully saturated rings. The van der Waals surface area contributed by atoms with Gasteiger partial charge < -0.3 is 11.1 Å². The number of amides is 1. The predicted octanol–water partition coefficient (Wildman–Crippen LogP) is 4.69. The Morgan fingerprint density at radius 1 is 1.00 bits per heavy atom. The number of nitrogens with two attached hydrogens (primary N) is 1. The van der Waals surface area contributed by atoms with E-state index in [0.29, 0.717) is 5.69 Å². The van der Waals surface area contributed by atoms with Gasteiger partial charge in [-0.15, -0.1) is 0 Å². The topological polar surface area (TPSA) is 133 Å². The van der Waals surface area contributed by atoms with Gasteiger partial charge >= 0.3 is 0 Å². The number of benzene rings is 3. The van der Waals surface area contributed by atoms with E-state index in [2.05, 4.69) is 5.32 Å². The maximum atomic E-state index is 14.1. The molecule has 3 N–H and O–H groups in total. The van der Waals surface area contributed by atoms with E-state index in [1.807, 2.05) is 6.07 Å². The monoisotopic (exact) mass is 554 g/mol. The fourth-order valence-electron chi connectivity index (χ4n) is 4.20. The van der Waals surface area contributed by atoms with Crippen LogP contribution < -0.4 is 11.1 Å². The zero-order valence-electron chi connectivity index (χ0n) is 19.4. The Morgan fingerprint density at radius 2 is 1.65 bits per heavy atom. The molecule has 0 aliphatic carbocycles. The maximum absolute atomic E-state index is 14.1. The first kappa shape index (κ1) is 26.4. The number of nitriles is 1. The molecule has 0 spiro atoms. The molecule has 0 unspecified atom stereocenters. The number of Topliss-reactive ketones (excluding diaryl/α,β-unsaturated/α-hetero) is 1. The average molecular weight is 555 g/mol. The fourth-order valence-corrected chi connectivity index (χ4v) is 6.32. The standard InChI is InChI=1S/C26H20Cl2N4O4S/c1-15(33)31-17-10-12-18(13-11-17)37(35,36)32-24(19-8-5-9-21(27)22(19)28)20(14-29)23(30)25(32)26(34)16-6-3-2-4-7-16/h2-13,24-25H,30H2,1H3,(H,31,33)/t24-,25-/m0/s1. The van der Waals surface area contributed by atoms with Gasteiger partial charge in [0, 0.05) is 18.2 Å². The van der Waals surface area contributed by atoms with Crippen molar-refractivity contribution in [2.45, 2.75) is 23.9 Å². The number of rotatable bonds is 6. The van der Waals surface area contributed by atoms with E-state index >= 15 is 0 Å². The average Bonchev–Trinajstić information content (AvgIpc) is 3.18. The summed E-state index contributed by atoms with van der Waals surface area (Å²) >= 11 is 12.7. The van der Waals surface area contributed by atoms with Crippen molar-refractivity contribution in [2.24, 2.45) is 5.73 Å². The number of carbonyl (C=O) groups is 2. The van der Waals surface area contributed by atoms with Crippen molar-refractivity contribution >= 4 is 50.6 Å². The van der Waals surface area contributed by atoms with Gasteiger partial charge in [-0.1, -0.05) is 65.7 Å². The first-order valence-corrected chi connectivity index (χ1v) is 13.1. The minimum Gasteiger partial charge on any atom is -0.399 e. The summed E-state index contributed by atoms with van der Waals surface area (Å²) in [5.74, 6) is -0.931. The van der Waals surface area contributed by atoms with Crippen LogP contribution in [0.15, 0.2) is 89.0 Å². The van der Waals surface area contributed by atoms with Gasteiger partial charge in [-0.05, 0) is 35.9 Å². The van der Waals surface area contributed by atoms with Crippen LogP contribution in [0.5, 0.6) is 0 Å². The molecule has 1 heterocycles. The molecule has 1 amide bonds. The summed E-state index contributed by atoms with van der Waals surface area (Å²) in [5, 5.41) is 12.8. The summed E-state index contributed by atoms with van der Waals surface area (Å²) in [6.07, 6.45) is 0. The lowest BCUT2D eigenvalue weighted by atomic mass is 10.00. The van der Waals surface area contributed by atoms with E-state index in [1.165, 1.54) is 55.5 Å². The van der Waals surface area contributed by atoms with Crippen LogP contribution >= 0.6 is 23.2 Å². The van der Waals surface area contributed by atoms with Crippen molar-refractivity contribution < 1.29 is 18.0 Å². The number of hydrogen-bond acceptors (Lipinski definition) is 6. The van der Waals surface area contributed by atoms with Crippen LogP contribution in [0.25, 0.3) is 0 Å². The molecule has 0 bridgehead atoms. The van der Waals surface area contributed by atoms with Crippen molar-refractivity contribution in [2.75, 3.05) is 5.32 Å². The van der Waals surface area contributed by atoms with Crippen molar-refractivity contribution in [3.63, 3.8) is 0 Å². The summed E-state index contributed by atoms with van der Waals surface area (Å²) in [6, 6.07) is 17.2. The lowest BCUT2D eigenvalue weighted by molar-refractivity contribution is -0.114. The van der Waals surface area contributed by atoms with Crippen molar-refractivity contribution in [1.29, 1.82) is 5.26 Å². The maximum Gasteiger partial charge on any atom is 0.245 e. The quantitative estimate of drug-likeness (QED) is 0.424. The second-order valence-electron chi connectivity index (χ2n) is 8.20. The summed E-state index contributed by atoms with van der Waals surface area (Å²) < 4.78 is 29.1. The Morgan fingerprint density at radius 3 is 2.24 bits per heavy atom. The normalized spacial score (nSPS) is 17.9. The highest BCUT2D eigenvalue weighted by atomic mass is 35.5. The molecule has 2 atom stereocenters. The van der Waals surface area contributed by atoms with E-state index in [-0.39, 0.29) is 43.2 Å². The van der Waals surface area contributed by atoms with E-state index in [1.54, 1.807) is 24.3 Å². The molecule has 4 rings (SSSR count). The number of carbonyl (C=O) groups excluding carboxylic acids is 2. The molecule has 37 heavy (non-hydrogen) atoms. The van der Waals surface area contributed by atoms with Crippen LogP contribution in [0.1, 0.15) is 28.9 Å². The van der Waals surface area contributed by atoms with Crippen molar-refractivity contribution in [3.8, 4) is 6.07 Å². The molecule has 3 aromatic rings. The predicted molar refractivity (Wildman–Crippen MR) is 140 cm³/mol. The summed E-state index contributed by atoms with van der Waals surface area (Å²) in [4.78, 5) is 24.9. The van der Waals surface area contributed by atoms with Crippen LogP contribution in [0, 0.1) is 11.3 Å². The number of sulfonamides is 1. The third kappa shape index (κ3) is 4.84. The second kappa shape index (κ2) is 10.4.